The van der Waals surface area contributed by atoms with Crippen molar-refractivity contribution in [2.75, 3.05) is 33.2 Å². The molecule has 1 atom stereocenters. The van der Waals surface area contributed by atoms with Crippen LogP contribution in [0.15, 0.2) is 16.7 Å². The van der Waals surface area contributed by atoms with Crippen LogP contribution in [0.5, 0.6) is 17.2 Å². The molecule has 0 aliphatic carbocycles. The molecule has 1 fully saturated rings. The zero-order valence-corrected chi connectivity index (χ0v) is 19.5. The molecule has 1 amide bonds. The highest BCUT2D eigenvalue weighted by molar-refractivity contribution is 9.10. The summed E-state index contributed by atoms with van der Waals surface area (Å²) in [7, 11) is 4.55. The second-order valence-corrected chi connectivity index (χ2v) is 8.82. The molecule has 7 nitrogen and oxygen atoms in total. The third-order valence-corrected chi connectivity index (χ3v) is 6.77. The number of nitrogens with one attached hydrogen (secondary N) is 1. The third kappa shape index (κ3) is 4.84. The van der Waals surface area contributed by atoms with Crippen molar-refractivity contribution in [1.82, 2.24) is 9.88 Å². The zero-order chi connectivity index (χ0) is 21.0. The largest absolute Gasteiger partial charge is 0.493 e. The van der Waals surface area contributed by atoms with Crippen molar-refractivity contribution in [3.8, 4) is 17.2 Å². The Labute approximate surface area is 183 Å². The molecule has 1 aliphatic heterocycles. The molecule has 2 heterocycles. The van der Waals surface area contributed by atoms with Gasteiger partial charge in [0.25, 0.3) is 5.91 Å². The van der Waals surface area contributed by atoms with Gasteiger partial charge in [0, 0.05) is 23.7 Å². The number of likely N-dealkylation sites (tertiary alicyclic amines) is 1. The number of benzene rings is 1. The van der Waals surface area contributed by atoms with E-state index < -0.39 is 0 Å². The van der Waals surface area contributed by atoms with Crippen LogP contribution in [-0.4, -0.2) is 49.7 Å². The van der Waals surface area contributed by atoms with E-state index >= 15 is 0 Å². The Morgan fingerprint density at radius 3 is 2.69 bits per heavy atom. The number of ether oxygens (including phenoxy) is 3. The molecular weight excluding hydrogens is 458 g/mol. The number of anilines is 1. The van der Waals surface area contributed by atoms with Crippen molar-refractivity contribution in [2.45, 2.75) is 38.8 Å². The van der Waals surface area contributed by atoms with Gasteiger partial charge in [0.2, 0.25) is 5.75 Å². The molecule has 9 heteroatoms. The normalized spacial score (nSPS) is 17.1. The number of amides is 1. The number of hydrogen-bond donors (Lipinski definition) is 1. The van der Waals surface area contributed by atoms with Gasteiger partial charge < -0.3 is 14.2 Å². The van der Waals surface area contributed by atoms with Gasteiger partial charge in [-0.1, -0.05) is 6.42 Å². The van der Waals surface area contributed by atoms with Gasteiger partial charge in [-0.15, -0.1) is 11.3 Å². The van der Waals surface area contributed by atoms with E-state index in [4.69, 9.17) is 14.2 Å². The fraction of sp³-hybridized carbons (Fsp3) is 0.500. The van der Waals surface area contributed by atoms with Crippen molar-refractivity contribution >= 4 is 38.3 Å². The summed E-state index contributed by atoms with van der Waals surface area (Å²) in [5, 5.41) is 3.44. The van der Waals surface area contributed by atoms with E-state index in [-0.39, 0.29) is 5.91 Å². The number of piperidine rings is 1. The SMILES string of the molecule is COc1cc(C(=O)Nc2ncc(CN3CCCCC3C)s2)c(Br)c(OC)c1OC. The average Bonchev–Trinajstić information content (AvgIpc) is 3.15. The lowest BCUT2D eigenvalue weighted by atomic mass is 10.0. The lowest BCUT2D eigenvalue weighted by Crippen LogP contribution is -2.36. The number of hydrogen-bond acceptors (Lipinski definition) is 7. The number of halogens is 1. The highest BCUT2D eigenvalue weighted by atomic mass is 79.9. The Morgan fingerprint density at radius 2 is 2.03 bits per heavy atom. The second kappa shape index (κ2) is 9.77. The summed E-state index contributed by atoms with van der Waals surface area (Å²) in [6.45, 7) is 4.24. The van der Waals surface area contributed by atoms with Gasteiger partial charge in [-0.2, -0.15) is 0 Å². The molecular formula is C20H26BrN3O4S. The summed E-state index contributed by atoms with van der Waals surface area (Å²) in [6.07, 6.45) is 5.61. The molecule has 2 aromatic rings. The zero-order valence-electron chi connectivity index (χ0n) is 17.1. The summed E-state index contributed by atoms with van der Waals surface area (Å²) in [6, 6.07) is 2.20. The highest BCUT2D eigenvalue weighted by Gasteiger charge is 2.24. The summed E-state index contributed by atoms with van der Waals surface area (Å²) in [5.41, 5.74) is 0.376. The molecule has 0 radical (unpaired) electrons. The van der Waals surface area contributed by atoms with E-state index in [1.165, 1.54) is 51.9 Å². The van der Waals surface area contributed by atoms with E-state index in [2.05, 4.69) is 38.1 Å². The Morgan fingerprint density at radius 1 is 1.28 bits per heavy atom. The first kappa shape index (κ1) is 21.9. The number of thiazole rings is 1. The smallest absolute Gasteiger partial charge is 0.258 e. The summed E-state index contributed by atoms with van der Waals surface area (Å²) in [5.74, 6) is 0.932. The Hall–Kier alpha value is -1.84. The lowest BCUT2D eigenvalue weighted by molar-refractivity contribution is 0.102. The number of rotatable bonds is 7. The fourth-order valence-corrected chi connectivity index (χ4v) is 4.95. The van der Waals surface area contributed by atoms with Gasteiger partial charge in [-0.3, -0.25) is 15.0 Å². The second-order valence-electron chi connectivity index (χ2n) is 6.91. The molecule has 3 rings (SSSR count). The summed E-state index contributed by atoms with van der Waals surface area (Å²) in [4.78, 5) is 20.9. The Kier molecular flexibility index (Phi) is 7.37. The maximum Gasteiger partial charge on any atom is 0.258 e. The van der Waals surface area contributed by atoms with Gasteiger partial charge >= 0.3 is 0 Å². The molecule has 1 unspecified atom stereocenters. The Balaban J connectivity index is 1.76. The third-order valence-electron chi connectivity index (χ3n) is 5.09. The van der Waals surface area contributed by atoms with Gasteiger partial charge in [0.05, 0.1) is 31.4 Å². The standard InChI is InChI=1S/C20H26BrN3O4S/c1-12-7-5-6-8-24(12)11-13-10-22-20(29-13)23-19(25)14-9-15(26-2)17(27-3)18(28-4)16(14)21/h9-10,12H,5-8,11H2,1-4H3,(H,22,23,25). The van der Waals surface area contributed by atoms with Crippen molar-refractivity contribution in [3.63, 3.8) is 0 Å². The number of carbonyl (C=O) groups is 1. The molecule has 1 saturated heterocycles. The average molecular weight is 484 g/mol. The quantitative estimate of drug-likeness (QED) is 0.622. The van der Waals surface area contributed by atoms with Gasteiger partial charge in [-0.25, -0.2) is 4.98 Å². The predicted octanol–water partition coefficient (Wildman–Crippen LogP) is 4.56. The first-order valence-electron chi connectivity index (χ1n) is 9.47. The molecule has 158 valence electrons. The van der Waals surface area contributed by atoms with Crippen molar-refractivity contribution < 1.29 is 19.0 Å². The molecule has 0 saturated carbocycles. The van der Waals surface area contributed by atoms with Crippen LogP contribution in [0.25, 0.3) is 0 Å². The molecule has 0 bridgehead atoms. The van der Waals surface area contributed by atoms with Crippen LogP contribution in [0, 0.1) is 0 Å². The topological polar surface area (TPSA) is 72.9 Å². The minimum atomic E-state index is -0.302. The molecule has 29 heavy (non-hydrogen) atoms. The molecule has 1 aliphatic rings. The lowest BCUT2D eigenvalue weighted by Gasteiger charge is -2.32. The van der Waals surface area contributed by atoms with Crippen LogP contribution in [0.3, 0.4) is 0 Å². The minimum absolute atomic E-state index is 0.302. The van der Waals surface area contributed by atoms with E-state index in [1.807, 2.05) is 6.20 Å². The van der Waals surface area contributed by atoms with Gasteiger partial charge in [0.1, 0.15) is 0 Å². The first-order valence-corrected chi connectivity index (χ1v) is 11.1. The number of carbonyl (C=O) groups excluding carboxylic acids is 1. The predicted molar refractivity (Wildman–Crippen MR) is 118 cm³/mol. The molecule has 1 aromatic carbocycles. The van der Waals surface area contributed by atoms with E-state index in [0.717, 1.165) is 18.0 Å². The van der Waals surface area contributed by atoms with Crippen molar-refractivity contribution in [1.29, 1.82) is 0 Å². The Bertz CT molecular complexity index is 874. The highest BCUT2D eigenvalue weighted by Crippen LogP contribution is 2.44. The van der Waals surface area contributed by atoms with E-state index in [0.29, 0.717) is 38.5 Å². The van der Waals surface area contributed by atoms with Crippen LogP contribution in [0.1, 0.15) is 41.4 Å². The van der Waals surface area contributed by atoms with Gasteiger partial charge in [-0.05, 0) is 48.3 Å². The maximum atomic E-state index is 12.9. The van der Waals surface area contributed by atoms with Crippen LogP contribution in [0.4, 0.5) is 5.13 Å². The van der Waals surface area contributed by atoms with Gasteiger partial charge in [0.15, 0.2) is 16.6 Å². The summed E-state index contributed by atoms with van der Waals surface area (Å²) < 4.78 is 16.6. The van der Waals surface area contributed by atoms with E-state index in [1.54, 1.807) is 6.07 Å². The molecule has 1 aromatic heterocycles. The van der Waals surface area contributed by atoms with Crippen LogP contribution in [-0.2, 0) is 6.54 Å². The van der Waals surface area contributed by atoms with Crippen molar-refractivity contribution in [2.24, 2.45) is 0 Å². The monoisotopic (exact) mass is 483 g/mol. The fourth-order valence-electron chi connectivity index (χ4n) is 3.48. The molecule has 1 N–H and O–H groups in total. The number of methoxy groups -OCH3 is 3. The maximum absolute atomic E-state index is 12.9. The van der Waals surface area contributed by atoms with E-state index in [9.17, 15) is 4.79 Å². The van der Waals surface area contributed by atoms with Crippen LogP contribution < -0.4 is 19.5 Å². The van der Waals surface area contributed by atoms with Crippen molar-refractivity contribution in [3.05, 3.63) is 27.2 Å². The summed E-state index contributed by atoms with van der Waals surface area (Å²) >= 11 is 4.94. The number of aromatic nitrogens is 1. The number of nitrogens with zero attached hydrogens (tertiary/aromatic N) is 2. The van der Waals surface area contributed by atoms with Crippen LogP contribution in [0.2, 0.25) is 0 Å². The molecule has 0 spiro atoms. The minimum Gasteiger partial charge on any atom is -0.493 e. The first-order chi connectivity index (χ1) is 14.0. The van der Waals surface area contributed by atoms with Crippen LogP contribution >= 0.6 is 27.3 Å².